The van der Waals surface area contributed by atoms with Crippen molar-refractivity contribution in [3.05, 3.63) is 68.3 Å². The minimum absolute atomic E-state index is 0.0282. The molecule has 168 valence electrons. The zero-order valence-electron chi connectivity index (χ0n) is 17.2. The van der Waals surface area contributed by atoms with Crippen molar-refractivity contribution in [1.29, 1.82) is 0 Å². The molecule has 0 atom stereocenters. The number of esters is 3. The lowest BCUT2D eigenvalue weighted by Crippen LogP contribution is -2.58. The molecule has 1 rings (SSSR count). The second-order valence-corrected chi connectivity index (χ2v) is 8.14. The van der Waals surface area contributed by atoms with Gasteiger partial charge in [-0.1, -0.05) is 50.1 Å². The summed E-state index contributed by atoms with van der Waals surface area (Å²) in [5.74, 6) is -1.78. The fourth-order valence-electron chi connectivity index (χ4n) is 2.15. The van der Waals surface area contributed by atoms with Crippen LogP contribution in [-0.4, -0.2) is 66.4 Å². The topological polar surface area (TPSA) is 107 Å². The zero-order valence-corrected chi connectivity index (χ0v) is 18.2. The molecule has 1 aromatic rings. The highest BCUT2D eigenvalue weighted by molar-refractivity contribution is 6.75. The summed E-state index contributed by atoms with van der Waals surface area (Å²) in [7, 11) is -3.57. The molecule has 0 amide bonds. The fourth-order valence-corrected chi connectivity index (χ4v) is 4.56. The van der Waals surface area contributed by atoms with Gasteiger partial charge in [-0.15, -0.1) is 0 Å². The molecule has 0 saturated carbocycles. The predicted octanol–water partition coefficient (Wildman–Crippen LogP) is 1.07. The van der Waals surface area contributed by atoms with Crippen LogP contribution in [0.2, 0.25) is 0 Å². The molecular weight excluding hydrogens is 424 g/mol. The maximum atomic E-state index is 11.3. The van der Waals surface area contributed by atoms with E-state index in [4.69, 9.17) is 27.5 Å². The third kappa shape index (κ3) is 10.0. The lowest BCUT2D eigenvalue weighted by molar-refractivity contribution is -0.139. The van der Waals surface area contributed by atoms with Gasteiger partial charge in [0.15, 0.2) is 0 Å². The first-order valence-electron chi connectivity index (χ1n) is 9.32. The lowest BCUT2D eigenvalue weighted by Gasteiger charge is -2.29. The molecule has 9 nitrogen and oxygen atoms in total. The lowest BCUT2D eigenvalue weighted by atomic mass is 10.4. The highest BCUT2D eigenvalue weighted by Crippen LogP contribution is 2.12. The predicted molar refractivity (Wildman–Crippen MR) is 113 cm³/mol. The summed E-state index contributed by atoms with van der Waals surface area (Å²) in [6.07, 6.45) is 3.12. The fraction of sp³-hybridized carbons (Fsp3) is 0.286. The van der Waals surface area contributed by atoms with E-state index >= 15 is 0 Å². The van der Waals surface area contributed by atoms with Gasteiger partial charge in [-0.3, -0.25) is 0 Å². The van der Waals surface area contributed by atoms with Crippen molar-refractivity contribution in [2.75, 3.05) is 39.6 Å². The Morgan fingerprint density at radius 1 is 0.645 bits per heavy atom. The van der Waals surface area contributed by atoms with E-state index in [0.29, 0.717) is 5.19 Å². The second kappa shape index (κ2) is 14.9. The summed E-state index contributed by atoms with van der Waals surface area (Å²) in [5, 5.41) is 0.621. The zero-order chi connectivity index (χ0) is 23.0. The van der Waals surface area contributed by atoms with Crippen LogP contribution >= 0.6 is 0 Å². The minimum Gasteiger partial charge on any atom is -0.460 e. The highest BCUT2D eigenvalue weighted by atomic mass is 28.4. The van der Waals surface area contributed by atoms with Crippen LogP contribution in [0, 0.1) is 0 Å². The van der Waals surface area contributed by atoms with E-state index in [1.165, 1.54) is 0 Å². The van der Waals surface area contributed by atoms with E-state index in [0.717, 1.165) is 18.2 Å². The van der Waals surface area contributed by atoms with Crippen molar-refractivity contribution in [1.82, 2.24) is 0 Å². The van der Waals surface area contributed by atoms with Gasteiger partial charge in [0.05, 0.1) is 19.8 Å². The molecule has 1 aromatic carbocycles. The van der Waals surface area contributed by atoms with Crippen molar-refractivity contribution in [2.24, 2.45) is 0 Å². The third-order valence-electron chi connectivity index (χ3n) is 3.49. The monoisotopic (exact) mass is 450 g/mol. The second-order valence-electron chi connectivity index (χ2n) is 5.58. The summed E-state index contributed by atoms with van der Waals surface area (Å²) in [6, 6.07) is 8.88. The van der Waals surface area contributed by atoms with Gasteiger partial charge in [0.25, 0.3) is 0 Å². The Bertz CT molecular complexity index is 679. The van der Waals surface area contributed by atoms with Crippen molar-refractivity contribution in [3.63, 3.8) is 0 Å². The number of hydrogen-bond donors (Lipinski definition) is 0. The number of hydrogen-bond acceptors (Lipinski definition) is 9. The van der Waals surface area contributed by atoms with E-state index in [-0.39, 0.29) is 39.6 Å². The first-order chi connectivity index (χ1) is 15.0. The molecule has 0 saturated heterocycles. The molecule has 0 aliphatic rings. The van der Waals surface area contributed by atoms with Gasteiger partial charge in [0, 0.05) is 23.4 Å². The van der Waals surface area contributed by atoms with Gasteiger partial charge in [-0.25, -0.2) is 14.4 Å². The van der Waals surface area contributed by atoms with Gasteiger partial charge < -0.3 is 27.5 Å². The normalized spacial score (nSPS) is 10.6. The maximum Gasteiger partial charge on any atom is 0.537 e. The number of ether oxygens (including phenoxy) is 3. The smallest absolute Gasteiger partial charge is 0.460 e. The number of rotatable bonds is 16. The average Bonchev–Trinajstić information content (AvgIpc) is 2.81. The number of carbonyl (C=O) groups excluding carboxylic acids is 3. The SMILES string of the molecule is C=CC(=O)OCCO[Si](OCCOC(=O)C=C)(OCCOC(=O)C=C)c1ccccc1. The molecule has 0 spiro atoms. The first kappa shape index (κ1) is 26.0. The average molecular weight is 451 g/mol. The molecule has 0 radical (unpaired) electrons. The van der Waals surface area contributed by atoms with Gasteiger partial charge >= 0.3 is 26.7 Å². The Morgan fingerprint density at radius 3 is 1.32 bits per heavy atom. The van der Waals surface area contributed by atoms with Gasteiger partial charge in [-0.05, 0) is 0 Å². The molecule has 0 aliphatic heterocycles. The maximum absolute atomic E-state index is 11.3. The van der Waals surface area contributed by atoms with E-state index in [1.54, 1.807) is 24.3 Å². The number of carbonyl (C=O) groups is 3. The molecule has 0 N–H and O–H groups in total. The quantitative estimate of drug-likeness (QED) is 0.120. The van der Waals surface area contributed by atoms with E-state index in [1.807, 2.05) is 6.07 Å². The van der Waals surface area contributed by atoms with Crippen LogP contribution < -0.4 is 5.19 Å². The van der Waals surface area contributed by atoms with Crippen molar-refractivity contribution in [2.45, 2.75) is 0 Å². The van der Waals surface area contributed by atoms with Crippen LogP contribution in [0.15, 0.2) is 68.3 Å². The van der Waals surface area contributed by atoms with Crippen LogP contribution in [0.25, 0.3) is 0 Å². The molecule has 0 aromatic heterocycles. The van der Waals surface area contributed by atoms with Gasteiger partial charge in [0.2, 0.25) is 0 Å². The molecule has 0 heterocycles. The van der Waals surface area contributed by atoms with Crippen LogP contribution in [0.5, 0.6) is 0 Å². The van der Waals surface area contributed by atoms with Crippen LogP contribution in [-0.2, 0) is 41.9 Å². The summed E-state index contributed by atoms with van der Waals surface area (Å²) in [6.45, 7) is 9.71. The Morgan fingerprint density at radius 2 is 1.00 bits per heavy atom. The summed E-state index contributed by atoms with van der Waals surface area (Å²) < 4.78 is 32.6. The largest absolute Gasteiger partial charge is 0.537 e. The summed E-state index contributed by atoms with van der Waals surface area (Å²) in [4.78, 5) is 33.8. The van der Waals surface area contributed by atoms with E-state index in [9.17, 15) is 14.4 Å². The minimum atomic E-state index is -3.57. The van der Waals surface area contributed by atoms with E-state index < -0.39 is 26.7 Å². The first-order valence-corrected chi connectivity index (χ1v) is 11.0. The Labute approximate surface area is 182 Å². The summed E-state index contributed by atoms with van der Waals surface area (Å²) in [5.41, 5.74) is 0. The van der Waals surface area contributed by atoms with Crippen molar-refractivity contribution >= 4 is 31.9 Å². The Hall–Kier alpha value is -3.05. The van der Waals surface area contributed by atoms with Crippen LogP contribution in [0.4, 0.5) is 0 Å². The molecule has 0 aliphatic carbocycles. The van der Waals surface area contributed by atoms with Crippen LogP contribution in [0.3, 0.4) is 0 Å². The summed E-state index contributed by atoms with van der Waals surface area (Å²) >= 11 is 0. The molecule has 0 bridgehead atoms. The molecule has 10 heteroatoms. The third-order valence-corrected chi connectivity index (χ3v) is 6.28. The van der Waals surface area contributed by atoms with Crippen LogP contribution in [0.1, 0.15) is 0 Å². The van der Waals surface area contributed by atoms with E-state index in [2.05, 4.69) is 19.7 Å². The van der Waals surface area contributed by atoms with Gasteiger partial charge in [-0.2, -0.15) is 0 Å². The molecule has 31 heavy (non-hydrogen) atoms. The molecule has 0 fully saturated rings. The Kier molecular flexibility index (Phi) is 12.5. The molecule has 0 unspecified atom stereocenters. The highest BCUT2D eigenvalue weighted by Gasteiger charge is 2.44. The number of benzene rings is 1. The van der Waals surface area contributed by atoms with Crippen molar-refractivity contribution < 1.29 is 41.9 Å². The van der Waals surface area contributed by atoms with Crippen molar-refractivity contribution in [3.8, 4) is 0 Å². The Balaban J connectivity index is 2.91. The molecular formula is C21H26O9Si. The standard InChI is InChI=1S/C21H26O9Si/c1-4-19(22)25-12-15-28-31(18-10-8-7-9-11-18,29-16-13-26-20(23)5-2)30-17-14-27-21(24)6-3/h4-11H,1-3,12-17H2. The van der Waals surface area contributed by atoms with Gasteiger partial charge in [0.1, 0.15) is 19.8 Å².